The number of nitrogens with two attached hydrogens (primary N) is 1. The summed E-state index contributed by atoms with van der Waals surface area (Å²) in [6, 6.07) is -0.0350. The second kappa shape index (κ2) is 3.66. The third kappa shape index (κ3) is 3.35. The standard InChI is InChI=1S/C10H20N2O/c1-7(11)4-9(13)12-6-8-5-10(8,2)3/h7-8H,4-6,11H2,1-3H3,(H,12,13). The first kappa shape index (κ1) is 10.5. The fraction of sp³-hybridized carbons (Fsp3) is 0.900. The molecule has 13 heavy (non-hydrogen) atoms. The molecule has 0 bridgehead atoms. The molecule has 1 fully saturated rings. The molecule has 0 radical (unpaired) electrons. The highest BCUT2D eigenvalue weighted by atomic mass is 16.1. The summed E-state index contributed by atoms with van der Waals surface area (Å²) >= 11 is 0. The first-order valence-corrected chi connectivity index (χ1v) is 4.94. The summed E-state index contributed by atoms with van der Waals surface area (Å²) in [4.78, 5) is 11.2. The zero-order valence-corrected chi connectivity index (χ0v) is 8.76. The first-order chi connectivity index (χ1) is 5.92. The molecule has 1 amide bonds. The zero-order valence-electron chi connectivity index (χ0n) is 8.76. The molecular formula is C10H20N2O. The van der Waals surface area contributed by atoms with Gasteiger partial charge in [0.05, 0.1) is 0 Å². The van der Waals surface area contributed by atoms with Gasteiger partial charge in [0.2, 0.25) is 5.91 Å². The van der Waals surface area contributed by atoms with E-state index in [-0.39, 0.29) is 11.9 Å². The van der Waals surface area contributed by atoms with Crippen molar-refractivity contribution in [3.8, 4) is 0 Å². The number of nitrogens with one attached hydrogen (secondary N) is 1. The van der Waals surface area contributed by atoms with Crippen molar-refractivity contribution in [3.05, 3.63) is 0 Å². The van der Waals surface area contributed by atoms with E-state index in [4.69, 9.17) is 5.73 Å². The van der Waals surface area contributed by atoms with Crippen LogP contribution in [-0.2, 0) is 4.79 Å². The van der Waals surface area contributed by atoms with Crippen molar-refractivity contribution in [1.29, 1.82) is 0 Å². The predicted molar refractivity (Wildman–Crippen MR) is 53.2 cm³/mol. The zero-order chi connectivity index (χ0) is 10.1. The van der Waals surface area contributed by atoms with Gasteiger partial charge in [0.25, 0.3) is 0 Å². The normalized spacial score (nSPS) is 26.6. The molecule has 1 aliphatic rings. The van der Waals surface area contributed by atoms with Crippen molar-refractivity contribution in [3.63, 3.8) is 0 Å². The summed E-state index contributed by atoms with van der Waals surface area (Å²) in [5.74, 6) is 0.752. The maximum Gasteiger partial charge on any atom is 0.221 e. The van der Waals surface area contributed by atoms with E-state index in [0.29, 0.717) is 17.8 Å². The molecule has 1 aliphatic carbocycles. The van der Waals surface area contributed by atoms with Crippen molar-refractivity contribution in [2.75, 3.05) is 6.54 Å². The third-order valence-corrected chi connectivity index (χ3v) is 2.77. The highest BCUT2D eigenvalue weighted by Gasteiger charge is 2.45. The lowest BCUT2D eigenvalue weighted by atomic mass is 10.1. The van der Waals surface area contributed by atoms with Crippen LogP contribution in [0.4, 0.5) is 0 Å². The number of carbonyl (C=O) groups excluding carboxylic acids is 1. The lowest BCUT2D eigenvalue weighted by Crippen LogP contribution is -2.31. The van der Waals surface area contributed by atoms with Crippen LogP contribution in [-0.4, -0.2) is 18.5 Å². The SMILES string of the molecule is CC(N)CC(=O)NCC1CC1(C)C. The van der Waals surface area contributed by atoms with Crippen molar-refractivity contribution in [2.45, 2.75) is 39.7 Å². The van der Waals surface area contributed by atoms with E-state index in [2.05, 4.69) is 19.2 Å². The van der Waals surface area contributed by atoms with Crippen LogP contribution in [0.5, 0.6) is 0 Å². The summed E-state index contributed by atoms with van der Waals surface area (Å²) in [5, 5.41) is 2.91. The number of rotatable bonds is 4. The van der Waals surface area contributed by atoms with Crippen LogP contribution in [0.2, 0.25) is 0 Å². The Morgan fingerprint density at radius 2 is 2.23 bits per heavy atom. The summed E-state index contributed by atoms with van der Waals surface area (Å²) in [5.41, 5.74) is 5.95. The molecule has 0 aromatic carbocycles. The van der Waals surface area contributed by atoms with E-state index in [0.717, 1.165) is 6.54 Å². The molecule has 0 aliphatic heterocycles. The van der Waals surface area contributed by atoms with E-state index >= 15 is 0 Å². The molecule has 3 heteroatoms. The van der Waals surface area contributed by atoms with E-state index in [9.17, 15) is 4.79 Å². The predicted octanol–water partition coefficient (Wildman–Crippen LogP) is 0.886. The molecule has 3 N–H and O–H groups in total. The Hall–Kier alpha value is -0.570. The van der Waals surface area contributed by atoms with Gasteiger partial charge in [-0.05, 0) is 24.7 Å². The molecule has 0 saturated heterocycles. The van der Waals surface area contributed by atoms with E-state index in [1.165, 1.54) is 6.42 Å². The lowest BCUT2D eigenvalue weighted by Gasteiger charge is -2.07. The topological polar surface area (TPSA) is 55.1 Å². The van der Waals surface area contributed by atoms with Gasteiger partial charge in [-0.25, -0.2) is 0 Å². The fourth-order valence-corrected chi connectivity index (χ4v) is 1.53. The number of amides is 1. The van der Waals surface area contributed by atoms with Crippen LogP contribution >= 0.6 is 0 Å². The highest BCUT2D eigenvalue weighted by Crippen LogP contribution is 2.50. The van der Waals surface area contributed by atoms with Gasteiger partial charge in [-0.1, -0.05) is 13.8 Å². The molecule has 2 atom stereocenters. The Morgan fingerprint density at radius 3 is 2.62 bits per heavy atom. The van der Waals surface area contributed by atoms with Crippen LogP contribution in [0.1, 0.15) is 33.6 Å². The van der Waals surface area contributed by atoms with Crippen molar-refractivity contribution in [1.82, 2.24) is 5.32 Å². The minimum absolute atomic E-state index is 0.0350. The Balaban J connectivity index is 2.10. The number of carbonyl (C=O) groups is 1. The lowest BCUT2D eigenvalue weighted by molar-refractivity contribution is -0.121. The Kier molecular flexibility index (Phi) is 2.96. The Morgan fingerprint density at radius 1 is 1.69 bits per heavy atom. The van der Waals surface area contributed by atoms with Gasteiger partial charge in [0.1, 0.15) is 0 Å². The second-order valence-corrected chi connectivity index (χ2v) is 4.88. The van der Waals surface area contributed by atoms with Gasteiger partial charge in [-0.2, -0.15) is 0 Å². The summed E-state index contributed by atoms with van der Waals surface area (Å²) in [7, 11) is 0. The van der Waals surface area contributed by atoms with Gasteiger partial charge in [-0.15, -0.1) is 0 Å². The molecule has 0 aromatic heterocycles. The number of hydrogen-bond acceptors (Lipinski definition) is 2. The van der Waals surface area contributed by atoms with Gasteiger partial charge in [-0.3, -0.25) is 4.79 Å². The minimum Gasteiger partial charge on any atom is -0.356 e. The maximum atomic E-state index is 11.2. The first-order valence-electron chi connectivity index (χ1n) is 4.94. The quantitative estimate of drug-likeness (QED) is 0.681. The van der Waals surface area contributed by atoms with Crippen LogP contribution < -0.4 is 11.1 Å². The van der Waals surface area contributed by atoms with Crippen molar-refractivity contribution in [2.24, 2.45) is 17.1 Å². The molecule has 1 saturated carbocycles. The van der Waals surface area contributed by atoms with Gasteiger partial charge in [0.15, 0.2) is 0 Å². The molecule has 2 unspecified atom stereocenters. The molecule has 0 spiro atoms. The van der Waals surface area contributed by atoms with Gasteiger partial charge < -0.3 is 11.1 Å². The van der Waals surface area contributed by atoms with E-state index < -0.39 is 0 Å². The van der Waals surface area contributed by atoms with Crippen molar-refractivity contribution < 1.29 is 4.79 Å². The van der Waals surface area contributed by atoms with Crippen LogP contribution in [0.15, 0.2) is 0 Å². The minimum atomic E-state index is -0.0350. The molecule has 76 valence electrons. The second-order valence-electron chi connectivity index (χ2n) is 4.88. The van der Waals surface area contributed by atoms with E-state index in [1.807, 2.05) is 6.92 Å². The maximum absolute atomic E-state index is 11.2. The molecule has 3 nitrogen and oxygen atoms in total. The molecular weight excluding hydrogens is 164 g/mol. The molecule has 0 aromatic rings. The highest BCUT2D eigenvalue weighted by molar-refractivity contribution is 5.76. The average Bonchev–Trinajstić information content (AvgIpc) is 2.53. The van der Waals surface area contributed by atoms with Crippen LogP contribution in [0.3, 0.4) is 0 Å². The Labute approximate surface area is 80.1 Å². The molecule has 0 heterocycles. The van der Waals surface area contributed by atoms with E-state index in [1.54, 1.807) is 0 Å². The van der Waals surface area contributed by atoms with Gasteiger partial charge >= 0.3 is 0 Å². The monoisotopic (exact) mass is 184 g/mol. The summed E-state index contributed by atoms with van der Waals surface area (Å²) in [6.45, 7) is 7.13. The van der Waals surface area contributed by atoms with Crippen LogP contribution in [0.25, 0.3) is 0 Å². The summed E-state index contributed by atoms with van der Waals surface area (Å²) < 4.78 is 0. The van der Waals surface area contributed by atoms with Crippen molar-refractivity contribution >= 4 is 5.91 Å². The number of hydrogen-bond donors (Lipinski definition) is 2. The molecule has 1 rings (SSSR count). The van der Waals surface area contributed by atoms with Gasteiger partial charge in [0, 0.05) is 19.0 Å². The average molecular weight is 184 g/mol. The fourth-order valence-electron chi connectivity index (χ4n) is 1.53. The smallest absolute Gasteiger partial charge is 0.221 e. The Bertz CT molecular complexity index is 199. The summed E-state index contributed by atoms with van der Waals surface area (Å²) in [6.07, 6.45) is 1.67. The van der Waals surface area contributed by atoms with Crippen LogP contribution in [0, 0.1) is 11.3 Å². The third-order valence-electron chi connectivity index (χ3n) is 2.77. The largest absolute Gasteiger partial charge is 0.356 e.